The monoisotopic (exact) mass is 625 g/mol. The molecule has 1 N–H and O–H groups in total. The molecule has 1 unspecified atom stereocenters. The molecule has 4 aromatic rings. The number of hydrogen-bond acceptors (Lipinski definition) is 5. The molecule has 0 aliphatic rings. The lowest BCUT2D eigenvalue weighted by atomic mass is 10.0. The number of rotatable bonds is 6. The second-order valence-electron chi connectivity index (χ2n) is 12.1. The number of fused-ring (bicyclic) bond motifs is 3. The van der Waals surface area contributed by atoms with Crippen molar-refractivity contribution in [2.75, 3.05) is 18.5 Å². The SMILES string of the molecule is CC.CPn1c2ccc(Cl)cc2c2ccc(Nc3ccc(C)cc3)c(CCN(C(=O)OC(C)(C)C)C(=O)OC(C)(C)C)c21. The average Bonchev–Trinajstić information content (AvgIpc) is 3.22. The van der Waals surface area contributed by atoms with Crippen LogP contribution in [0, 0.1) is 6.92 Å². The number of halogens is 1. The number of hydrogen-bond donors (Lipinski definition) is 1. The van der Waals surface area contributed by atoms with Gasteiger partial charge in [0.1, 0.15) is 11.2 Å². The van der Waals surface area contributed by atoms with E-state index in [1.807, 2.05) is 50.2 Å². The summed E-state index contributed by atoms with van der Waals surface area (Å²) in [6, 6.07) is 18.3. The molecular weight excluding hydrogens is 581 g/mol. The van der Waals surface area contributed by atoms with Crippen molar-refractivity contribution in [1.82, 2.24) is 9.24 Å². The molecule has 7 nitrogen and oxygen atoms in total. The number of imide groups is 1. The van der Waals surface area contributed by atoms with Gasteiger partial charge >= 0.3 is 12.2 Å². The van der Waals surface area contributed by atoms with E-state index in [1.165, 1.54) is 5.56 Å². The maximum absolute atomic E-state index is 13.2. The Morgan fingerprint density at radius 2 is 1.47 bits per heavy atom. The van der Waals surface area contributed by atoms with Crippen molar-refractivity contribution in [3.05, 3.63) is 70.7 Å². The van der Waals surface area contributed by atoms with Crippen molar-refractivity contribution in [3.63, 3.8) is 0 Å². The highest BCUT2D eigenvalue weighted by Gasteiger charge is 2.31. The summed E-state index contributed by atoms with van der Waals surface area (Å²) in [5.74, 6) is 0. The molecule has 2 amide bonds. The molecule has 43 heavy (non-hydrogen) atoms. The van der Waals surface area contributed by atoms with E-state index < -0.39 is 23.4 Å². The number of nitrogens with one attached hydrogen (secondary N) is 1. The Kier molecular flexibility index (Phi) is 11.1. The van der Waals surface area contributed by atoms with Gasteiger partial charge in [-0.15, -0.1) is 0 Å². The van der Waals surface area contributed by atoms with Crippen LogP contribution in [0.3, 0.4) is 0 Å². The first-order valence-corrected chi connectivity index (χ1v) is 16.5. The zero-order valence-corrected chi connectivity index (χ0v) is 28.8. The van der Waals surface area contributed by atoms with Crippen LogP contribution in [0.4, 0.5) is 21.0 Å². The van der Waals surface area contributed by atoms with Gasteiger partial charge in [0.25, 0.3) is 0 Å². The van der Waals surface area contributed by atoms with Crippen LogP contribution in [0.1, 0.15) is 66.5 Å². The summed E-state index contributed by atoms with van der Waals surface area (Å²) in [5, 5.41) is 6.35. The lowest BCUT2D eigenvalue weighted by molar-refractivity contribution is 0.00172. The number of carbonyl (C=O) groups excluding carboxylic acids is 2. The smallest absolute Gasteiger partial charge is 0.419 e. The maximum atomic E-state index is 13.2. The minimum atomic E-state index is -0.773. The third-order valence-corrected chi connectivity index (χ3v) is 7.51. The number of ether oxygens (including phenoxy) is 2. The predicted molar refractivity (Wildman–Crippen MR) is 183 cm³/mol. The van der Waals surface area contributed by atoms with Gasteiger partial charge in [0.05, 0.1) is 11.0 Å². The topological polar surface area (TPSA) is 72.8 Å². The highest BCUT2D eigenvalue weighted by molar-refractivity contribution is 7.35. The Morgan fingerprint density at radius 3 is 2.00 bits per heavy atom. The second-order valence-corrected chi connectivity index (χ2v) is 13.4. The first-order valence-electron chi connectivity index (χ1n) is 14.7. The molecule has 0 fully saturated rings. The summed E-state index contributed by atoms with van der Waals surface area (Å²) in [7, 11) is 0.441. The van der Waals surface area contributed by atoms with E-state index in [2.05, 4.69) is 41.4 Å². The lowest BCUT2D eigenvalue weighted by Gasteiger charge is -2.29. The fourth-order valence-corrected chi connectivity index (χ4v) is 5.75. The molecular formula is C34H45ClN3O4P. The Labute approximate surface area is 262 Å². The summed E-state index contributed by atoms with van der Waals surface area (Å²) >= 11 is 6.41. The van der Waals surface area contributed by atoms with Crippen LogP contribution in [0.5, 0.6) is 0 Å². The van der Waals surface area contributed by atoms with Crippen LogP contribution < -0.4 is 5.32 Å². The van der Waals surface area contributed by atoms with E-state index in [0.29, 0.717) is 20.2 Å². The Morgan fingerprint density at radius 1 is 0.884 bits per heavy atom. The minimum absolute atomic E-state index is 0.0701. The molecule has 1 aromatic heterocycles. The van der Waals surface area contributed by atoms with Crippen LogP contribution in [0.2, 0.25) is 5.02 Å². The highest BCUT2D eigenvalue weighted by atomic mass is 35.5. The van der Waals surface area contributed by atoms with Crippen LogP contribution in [0.15, 0.2) is 54.6 Å². The number of carbonyl (C=O) groups is 2. The predicted octanol–water partition coefficient (Wildman–Crippen LogP) is 10.3. The third kappa shape index (κ3) is 8.64. The molecule has 1 atom stereocenters. The zero-order valence-electron chi connectivity index (χ0n) is 27.0. The van der Waals surface area contributed by atoms with Gasteiger partial charge in [0.2, 0.25) is 0 Å². The largest absolute Gasteiger partial charge is 0.443 e. The number of benzene rings is 3. The molecule has 0 aliphatic carbocycles. The van der Waals surface area contributed by atoms with Gasteiger partial charge < -0.3 is 19.1 Å². The van der Waals surface area contributed by atoms with E-state index in [4.69, 9.17) is 21.1 Å². The number of amides is 2. The number of anilines is 2. The fraction of sp³-hybridized carbons (Fsp3) is 0.412. The number of aromatic nitrogens is 1. The van der Waals surface area contributed by atoms with E-state index in [-0.39, 0.29) is 6.54 Å². The molecule has 0 aliphatic heterocycles. The average molecular weight is 626 g/mol. The number of nitrogens with zero attached hydrogens (tertiary/aromatic N) is 2. The van der Waals surface area contributed by atoms with E-state index in [1.54, 1.807) is 41.5 Å². The highest BCUT2D eigenvalue weighted by Crippen LogP contribution is 2.40. The van der Waals surface area contributed by atoms with Crippen LogP contribution in [-0.4, -0.2) is 45.8 Å². The minimum Gasteiger partial charge on any atom is -0.443 e. The van der Waals surface area contributed by atoms with Crippen molar-refractivity contribution in [3.8, 4) is 0 Å². The van der Waals surface area contributed by atoms with Crippen molar-refractivity contribution >= 4 is 65.7 Å². The normalized spacial score (nSPS) is 11.9. The number of aryl methyl sites for hydroxylation is 1. The van der Waals surface area contributed by atoms with Crippen LogP contribution in [-0.2, 0) is 15.9 Å². The Balaban J connectivity index is 0.00000248. The van der Waals surface area contributed by atoms with Crippen LogP contribution in [0.25, 0.3) is 21.8 Å². The molecule has 9 heteroatoms. The third-order valence-electron chi connectivity index (χ3n) is 6.36. The molecule has 4 rings (SSSR count). The lowest BCUT2D eigenvalue weighted by Crippen LogP contribution is -2.44. The molecule has 0 bridgehead atoms. The zero-order chi connectivity index (χ0) is 32.1. The summed E-state index contributed by atoms with van der Waals surface area (Å²) in [5.41, 5.74) is 4.54. The van der Waals surface area contributed by atoms with Crippen molar-refractivity contribution in [1.29, 1.82) is 0 Å². The molecule has 0 saturated heterocycles. The van der Waals surface area contributed by atoms with Gasteiger partial charge in [-0.2, -0.15) is 0 Å². The van der Waals surface area contributed by atoms with E-state index >= 15 is 0 Å². The molecule has 0 spiro atoms. The molecule has 1 heterocycles. The molecule has 0 radical (unpaired) electrons. The van der Waals surface area contributed by atoms with Crippen molar-refractivity contribution < 1.29 is 19.1 Å². The summed E-state index contributed by atoms with van der Waals surface area (Å²) < 4.78 is 13.5. The maximum Gasteiger partial charge on any atom is 0.419 e. The van der Waals surface area contributed by atoms with Gasteiger partial charge in [-0.25, -0.2) is 14.5 Å². The second kappa shape index (κ2) is 14.0. The van der Waals surface area contributed by atoms with Gasteiger partial charge in [0.15, 0.2) is 0 Å². The van der Waals surface area contributed by atoms with Crippen molar-refractivity contribution in [2.24, 2.45) is 0 Å². The first kappa shape index (κ1) is 34.2. The van der Waals surface area contributed by atoms with Gasteiger partial charge in [-0.1, -0.05) is 49.2 Å². The molecule has 232 valence electrons. The standard InChI is InChI=1S/C32H39ClN3O4P.C2H6/c1-20-9-12-22(13-10-20)34-26-15-14-23-25-19-21(33)11-16-27(25)36(41-8)28(23)24(26)17-18-35(29(37)39-31(2,3)4)30(38)40-32(5,6)7;1-2/h9-16,19,34,41H,17-18H2,1-8H3;1-2H3. The van der Waals surface area contributed by atoms with Crippen molar-refractivity contribution in [2.45, 2.75) is 79.9 Å². The summed E-state index contributed by atoms with van der Waals surface area (Å²) in [6.45, 7) is 18.9. The molecule has 0 saturated carbocycles. The quantitative estimate of drug-likeness (QED) is 0.216. The van der Waals surface area contributed by atoms with Gasteiger partial charge in [-0.3, -0.25) is 0 Å². The van der Waals surface area contributed by atoms with Gasteiger partial charge in [-0.05, 0) is 107 Å². The van der Waals surface area contributed by atoms with E-state index in [0.717, 1.165) is 43.6 Å². The first-order chi connectivity index (χ1) is 20.2. The summed E-state index contributed by atoms with van der Waals surface area (Å²) in [6.07, 6.45) is -1.10. The van der Waals surface area contributed by atoms with E-state index in [9.17, 15) is 9.59 Å². The van der Waals surface area contributed by atoms with Crippen LogP contribution >= 0.6 is 20.3 Å². The fourth-order valence-electron chi connectivity index (χ4n) is 4.66. The Hall–Kier alpha value is -3.28. The Bertz CT molecular complexity index is 1560. The van der Waals surface area contributed by atoms with Gasteiger partial charge in [0, 0.05) is 39.3 Å². The summed E-state index contributed by atoms with van der Waals surface area (Å²) in [4.78, 5) is 27.6. The molecule has 3 aromatic carbocycles.